The van der Waals surface area contributed by atoms with E-state index in [1.165, 1.54) is 0 Å². The van der Waals surface area contributed by atoms with Crippen LogP contribution in [0.5, 0.6) is 0 Å². The standard InChI is InChI=1S/C18H24N4O2S.ClH/c1-13-20-17(24-21-13)12-25-16-6-4-3-5-15(16)18(23)22-9-7-14(8-10-22)11-19-2;/h3-6,14,19H,7-12H2,1-2H3;1H. The number of hydrogen-bond donors (Lipinski definition) is 1. The first-order chi connectivity index (χ1) is 12.2. The van der Waals surface area contributed by atoms with Crippen molar-refractivity contribution in [3.8, 4) is 0 Å². The highest BCUT2D eigenvalue weighted by Crippen LogP contribution is 2.28. The van der Waals surface area contributed by atoms with Crippen molar-refractivity contribution >= 4 is 30.1 Å². The number of rotatable bonds is 6. The molecule has 8 heteroatoms. The molecule has 0 atom stereocenters. The zero-order valence-corrected chi connectivity index (χ0v) is 16.7. The number of carbonyl (C=O) groups excluding carboxylic acids is 1. The van der Waals surface area contributed by atoms with Gasteiger partial charge in [-0.2, -0.15) is 4.98 Å². The summed E-state index contributed by atoms with van der Waals surface area (Å²) in [5.41, 5.74) is 0.760. The van der Waals surface area contributed by atoms with Crippen LogP contribution >= 0.6 is 24.2 Å². The smallest absolute Gasteiger partial charge is 0.254 e. The minimum absolute atomic E-state index is 0. The maximum atomic E-state index is 12.9. The van der Waals surface area contributed by atoms with Crippen molar-refractivity contribution < 1.29 is 9.32 Å². The van der Waals surface area contributed by atoms with Crippen molar-refractivity contribution in [3.05, 3.63) is 41.5 Å². The van der Waals surface area contributed by atoms with Crippen molar-refractivity contribution in [1.82, 2.24) is 20.4 Å². The molecule has 0 unspecified atom stereocenters. The first kappa shape index (κ1) is 20.7. The molecule has 1 aromatic carbocycles. The van der Waals surface area contributed by atoms with Gasteiger partial charge in [-0.15, -0.1) is 24.2 Å². The van der Waals surface area contributed by atoms with Crippen LogP contribution in [0, 0.1) is 12.8 Å². The summed E-state index contributed by atoms with van der Waals surface area (Å²) in [4.78, 5) is 20.1. The molecule has 1 aromatic heterocycles. The van der Waals surface area contributed by atoms with Crippen molar-refractivity contribution in [2.75, 3.05) is 26.7 Å². The fourth-order valence-electron chi connectivity index (χ4n) is 3.11. The van der Waals surface area contributed by atoms with Crippen molar-refractivity contribution in [1.29, 1.82) is 0 Å². The van der Waals surface area contributed by atoms with Crippen LogP contribution in [0.4, 0.5) is 0 Å². The maximum absolute atomic E-state index is 12.9. The molecule has 2 heterocycles. The summed E-state index contributed by atoms with van der Waals surface area (Å²) in [6.07, 6.45) is 2.12. The van der Waals surface area contributed by atoms with Gasteiger partial charge in [-0.1, -0.05) is 17.3 Å². The zero-order chi connectivity index (χ0) is 17.6. The van der Waals surface area contributed by atoms with Crippen LogP contribution in [-0.4, -0.2) is 47.6 Å². The van der Waals surface area contributed by atoms with Crippen LogP contribution in [-0.2, 0) is 5.75 Å². The van der Waals surface area contributed by atoms with E-state index in [1.54, 1.807) is 18.7 Å². The molecule has 1 fully saturated rings. The molecular formula is C18H25ClN4O2S. The predicted molar refractivity (Wildman–Crippen MR) is 105 cm³/mol. The molecule has 0 radical (unpaired) electrons. The highest BCUT2D eigenvalue weighted by molar-refractivity contribution is 7.98. The summed E-state index contributed by atoms with van der Waals surface area (Å²) in [5.74, 6) is 2.56. The lowest BCUT2D eigenvalue weighted by atomic mass is 9.96. The molecule has 26 heavy (non-hydrogen) atoms. The molecule has 0 spiro atoms. The Morgan fingerprint density at radius 3 is 2.73 bits per heavy atom. The van der Waals surface area contributed by atoms with Gasteiger partial charge in [0.05, 0.1) is 11.3 Å². The quantitative estimate of drug-likeness (QED) is 0.756. The predicted octanol–water partition coefficient (Wildman–Crippen LogP) is 3.16. The van der Waals surface area contributed by atoms with Gasteiger partial charge >= 0.3 is 0 Å². The van der Waals surface area contributed by atoms with Gasteiger partial charge in [-0.3, -0.25) is 4.79 Å². The molecule has 1 aliphatic rings. The van der Waals surface area contributed by atoms with E-state index in [-0.39, 0.29) is 18.3 Å². The summed E-state index contributed by atoms with van der Waals surface area (Å²) in [6.45, 7) is 4.48. The molecule has 3 rings (SSSR count). The molecule has 6 nitrogen and oxygen atoms in total. The van der Waals surface area contributed by atoms with Gasteiger partial charge in [-0.05, 0) is 51.4 Å². The van der Waals surface area contributed by atoms with Crippen molar-refractivity contribution in [3.63, 3.8) is 0 Å². The van der Waals surface area contributed by atoms with Gasteiger partial charge in [0.25, 0.3) is 5.91 Å². The average molecular weight is 397 g/mol. The summed E-state index contributed by atoms with van der Waals surface area (Å²) < 4.78 is 5.15. The Morgan fingerprint density at radius 2 is 2.08 bits per heavy atom. The highest BCUT2D eigenvalue weighted by Gasteiger charge is 2.24. The molecule has 0 aliphatic carbocycles. The normalized spacial score (nSPS) is 14.9. The molecule has 0 bridgehead atoms. The first-order valence-corrected chi connectivity index (χ1v) is 9.61. The topological polar surface area (TPSA) is 71.3 Å². The summed E-state index contributed by atoms with van der Waals surface area (Å²) in [6, 6.07) is 7.76. The van der Waals surface area contributed by atoms with Gasteiger partial charge in [-0.25, -0.2) is 0 Å². The number of likely N-dealkylation sites (tertiary alicyclic amines) is 1. The van der Waals surface area contributed by atoms with Crippen molar-refractivity contribution in [2.24, 2.45) is 5.92 Å². The van der Waals surface area contributed by atoms with Crippen LogP contribution in [0.25, 0.3) is 0 Å². The van der Waals surface area contributed by atoms with E-state index in [4.69, 9.17) is 4.52 Å². The minimum Gasteiger partial charge on any atom is -0.339 e. The van der Waals surface area contributed by atoms with E-state index in [0.717, 1.165) is 42.9 Å². The van der Waals surface area contributed by atoms with Gasteiger partial charge in [0, 0.05) is 18.0 Å². The average Bonchev–Trinajstić information content (AvgIpc) is 3.06. The molecular weight excluding hydrogens is 372 g/mol. The number of amides is 1. The number of nitrogens with zero attached hydrogens (tertiary/aromatic N) is 3. The van der Waals surface area contributed by atoms with Crippen LogP contribution in [0.1, 0.15) is 34.9 Å². The SMILES string of the molecule is CNCC1CCN(C(=O)c2ccccc2SCc2nc(C)no2)CC1.Cl. The van der Waals surface area contributed by atoms with E-state index >= 15 is 0 Å². The molecule has 1 aliphatic heterocycles. The lowest BCUT2D eigenvalue weighted by molar-refractivity contribution is 0.0687. The molecule has 1 amide bonds. The fraction of sp³-hybridized carbons (Fsp3) is 0.500. The molecule has 2 aromatic rings. The van der Waals surface area contributed by atoms with Gasteiger partial charge < -0.3 is 14.7 Å². The number of nitrogens with one attached hydrogen (secondary N) is 1. The highest BCUT2D eigenvalue weighted by atomic mass is 35.5. The number of halogens is 1. The van der Waals surface area contributed by atoms with E-state index < -0.39 is 0 Å². The monoisotopic (exact) mass is 396 g/mol. The van der Waals surface area contributed by atoms with Crippen LogP contribution in [0.2, 0.25) is 0 Å². The fourth-order valence-corrected chi connectivity index (χ4v) is 3.99. The molecule has 1 saturated heterocycles. The number of carbonyl (C=O) groups is 1. The third-order valence-electron chi connectivity index (χ3n) is 4.43. The second-order valence-corrected chi connectivity index (χ2v) is 7.33. The minimum atomic E-state index is 0. The van der Waals surface area contributed by atoms with Gasteiger partial charge in [0.1, 0.15) is 0 Å². The number of piperidine rings is 1. The van der Waals surface area contributed by atoms with Crippen LogP contribution < -0.4 is 5.32 Å². The Balaban J connectivity index is 0.00000243. The van der Waals surface area contributed by atoms with Gasteiger partial charge in [0.15, 0.2) is 5.82 Å². The van der Waals surface area contributed by atoms with E-state index in [9.17, 15) is 4.79 Å². The largest absolute Gasteiger partial charge is 0.339 e. The second-order valence-electron chi connectivity index (χ2n) is 6.31. The Bertz CT molecular complexity index is 717. The summed E-state index contributed by atoms with van der Waals surface area (Å²) >= 11 is 1.56. The molecule has 1 N–H and O–H groups in total. The van der Waals surface area contributed by atoms with Crippen LogP contribution in [0.3, 0.4) is 0 Å². The van der Waals surface area contributed by atoms with E-state index in [0.29, 0.717) is 23.4 Å². The number of benzene rings is 1. The van der Waals surface area contributed by atoms with E-state index in [2.05, 4.69) is 15.5 Å². The molecule has 142 valence electrons. The lowest BCUT2D eigenvalue weighted by Crippen LogP contribution is -2.40. The maximum Gasteiger partial charge on any atom is 0.254 e. The van der Waals surface area contributed by atoms with Crippen molar-refractivity contribution in [2.45, 2.75) is 30.4 Å². The Morgan fingerprint density at radius 1 is 1.35 bits per heavy atom. The van der Waals surface area contributed by atoms with Gasteiger partial charge in [0.2, 0.25) is 5.89 Å². The Kier molecular flexibility index (Phi) is 7.93. The number of hydrogen-bond acceptors (Lipinski definition) is 6. The third-order valence-corrected chi connectivity index (χ3v) is 5.49. The number of aromatic nitrogens is 2. The number of thioether (sulfide) groups is 1. The third kappa shape index (κ3) is 5.22. The Labute approximate surface area is 164 Å². The number of aryl methyl sites for hydroxylation is 1. The second kappa shape index (κ2) is 9.94. The zero-order valence-electron chi connectivity index (χ0n) is 15.1. The lowest BCUT2D eigenvalue weighted by Gasteiger charge is -2.32. The summed E-state index contributed by atoms with van der Waals surface area (Å²) in [5, 5.41) is 7.03. The first-order valence-electron chi connectivity index (χ1n) is 8.62. The Hall–Kier alpha value is -1.57. The van der Waals surface area contributed by atoms with Crippen LogP contribution in [0.15, 0.2) is 33.7 Å². The molecule has 0 saturated carbocycles. The van der Waals surface area contributed by atoms with E-state index in [1.807, 2.05) is 36.2 Å². The summed E-state index contributed by atoms with van der Waals surface area (Å²) in [7, 11) is 1.98.